The van der Waals surface area contributed by atoms with E-state index in [9.17, 15) is 27.6 Å². The van der Waals surface area contributed by atoms with Crippen molar-refractivity contribution in [1.82, 2.24) is 5.32 Å². The summed E-state index contributed by atoms with van der Waals surface area (Å²) < 4.78 is 47.2. The van der Waals surface area contributed by atoms with Crippen LogP contribution < -0.4 is 5.32 Å². The smallest absolute Gasteiger partial charge is 0.416 e. The lowest BCUT2D eigenvalue weighted by Gasteiger charge is -2.09. The quantitative estimate of drug-likeness (QED) is 0.832. The number of nitrogens with one attached hydrogen (secondary N) is 1. The first kappa shape index (κ1) is 18.2. The molecule has 0 unspecified atom stereocenters. The predicted molar refractivity (Wildman–Crippen MR) is 77.3 cm³/mol. The molecule has 1 N–H and O–H groups in total. The van der Waals surface area contributed by atoms with Crippen LogP contribution in [0, 0.1) is 0 Å². The third-order valence-corrected chi connectivity index (χ3v) is 2.96. The zero-order chi connectivity index (χ0) is 18.4. The summed E-state index contributed by atoms with van der Waals surface area (Å²) in [5, 5.41) is 1.93. The second-order valence-corrected chi connectivity index (χ2v) is 4.89. The van der Waals surface area contributed by atoms with E-state index in [0.717, 1.165) is 12.1 Å². The lowest BCUT2D eigenvalue weighted by molar-refractivity contribution is -0.147. The number of carbonyl (C=O) groups excluding carboxylic acids is 3. The molecular weight excluding hydrogens is 343 g/mol. The molecule has 2 rings (SSSR count). The lowest BCUT2D eigenvalue weighted by atomic mass is 10.1. The van der Waals surface area contributed by atoms with E-state index in [1.807, 2.05) is 5.32 Å². The Morgan fingerprint density at radius 1 is 1.12 bits per heavy atom. The molecule has 9 heteroatoms. The van der Waals surface area contributed by atoms with Crippen LogP contribution in [0.2, 0.25) is 0 Å². The highest BCUT2D eigenvalue weighted by molar-refractivity contribution is 6.03. The molecule has 0 saturated heterocycles. The summed E-state index contributed by atoms with van der Waals surface area (Å²) in [7, 11) is 0. The number of amides is 2. The summed E-state index contributed by atoms with van der Waals surface area (Å²) >= 11 is 0. The van der Waals surface area contributed by atoms with Crippen molar-refractivity contribution in [2.75, 3.05) is 6.61 Å². The first-order valence-electron chi connectivity index (χ1n) is 6.95. The second-order valence-electron chi connectivity index (χ2n) is 4.89. The van der Waals surface area contributed by atoms with Gasteiger partial charge in [0.25, 0.3) is 11.8 Å². The van der Waals surface area contributed by atoms with Crippen LogP contribution in [-0.4, -0.2) is 24.4 Å². The van der Waals surface area contributed by atoms with E-state index in [-0.39, 0.29) is 11.3 Å². The number of furan rings is 1. The molecule has 2 amide bonds. The molecule has 0 bridgehead atoms. The Labute approximate surface area is 139 Å². The highest BCUT2D eigenvalue weighted by atomic mass is 19.4. The molecule has 25 heavy (non-hydrogen) atoms. The number of benzene rings is 1. The third kappa shape index (κ3) is 5.48. The van der Waals surface area contributed by atoms with E-state index < -0.39 is 42.6 Å². The van der Waals surface area contributed by atoms with Gasteiger partial charge in [-0.25, -0.2) is 0 Å². The van der Waals surface area contributed by atoms with E-state index in [1.165, 1.54) is 30.5 Å². The van der Waals surface area contributed by atoms with Crippen molar-refractivity contribution < 1.29 is 36.7 Å². The second kappa shape index (κ2) is 7.65. The van der Waals surface area contributed by atoms with E-state index in [2.05, 4.69) is 4.74 Å². The van der Waals surface area contributed by atoms with Crippen LogP contribution in [0.15, 0.2) is 47.1 Å². The standard InChI is InChI=1S/C16H12F3NO5/c17-16(18,19)11-4-1-3-10(7-11)8-14(22)25-9-13(21)20-15(23)12-5-2-6-24-12/h1-7H,8-9H2,(H,20,21,23). The van der Waals surface area contributed by atoms with Gasteiger partial charge in [0.15, 0.2) is 12.4 Å². The Kier molecular flexibility index (Phi) is 5.58. The molecular formula is C16H12F3NO5. The van der Waals surface area contributed by atoms with Gasteiger partial charge in [-0.2, -0.15) is 13.2 Å². The molecule has 1 aromatic heterocycles. The molecule has 0 aliphatic rings. The molecule has 0 fully saturated rings. The average Bonchev–Trinajstić information content (AvgIpc) is 3.07. The molecule has 0 aliphatic carbocycles. The van der Waals surface area contributed by atoms with Gasteiger partial charge >= 0.3 is 12.1 Å². The van der Waals surface area contributed by atoms with Crippen LogP contribution in [0.1, 0.15) is 21.7 Å². The zero-order valence-electron chi connectivity index (χ0n) is 12.6. The van der Waals surface area contributed by atoms with Gasteiger partial charge in [-0.05, 0) is 23.8 Å². The lowest BCUT2D eigenvalue weighted by Crippen LogP contribution is -2.34. The van der Waals surface area contributed by atoms with Crippen LogP contribution in [0.3, 0.4) is 0 Å². The predicted octanol–water partition coefficient (Wildman–Crippen LogP) is 2.34. The Morgan fingerprint density at radius 2 is 1.88 bits per heavy atom. The maximum Gasteiger partial charge on any atom is 0.416 e. The number of imide groups is 1. The molecule has 1 heterocycles. The topological polar surface area (TPSA) is 85.6 Å². The van der Waals surface area contributed by atoms with Crippen LogP contribution in [-0.2, 0) is 26.9 Å². The SMILES string of the molecule is O=C(COC(=O)Cc1cccc(C(F)(F)F)c1)NC(=O)c1ccco1. The maximum atomic E-state index is 12.6. The van der Waals surface area contributed by atoms with Gasteiger partial charge in [-0.3, -0.25) is 19.7 Å². The van der Waals surface area contributed by atoms with Gasteiger partial charge in [0, 0.05) is 0 Å². The minimum absolute atomic E-state index is 0.0897. The minimum Gasteiger partial charge on any atom is -0.459 e. The summed E-state index contributed by atoms with van der Waals surface area (Å²) in [5.41, 5.74) is -0.800. The summed E-state index contributed by atoms with van der Waals surface area (Å²) in [6.45, 7) is -0.746. The molecule has 0 atom stereocenters. The third-order valence-electron chi connectivity index (χ3n) is 2.96. The van der Waals surface area contributed by atoms with Crippen molar-refractivity contribution >= 4 is 17.8 Å². The van der Waals surface area contributed by atoms with E-state index in [4.69, 9.17) is 4.42 Å². The minimum atomic E-state index is -4.52. The number of alkyl halides is 3. The van der Waals surface area contributed by atoms with Crippen molar-refractivity contribution in [2.45, 2.75) is 12.6 Å². The number of ether oxygens (including phenoxy) is 1. The molecule has 0 radical (unpaired) electrons. The number of hydrogen-bond acceptors (Lipinski definition) is 5. The summed E-state index contributed by atoms with van der Waals surface area (Å²) in [4.78, 5) is 34.6. The van der Waals surface area contributed by atoms with Crippen molar-refractivity contribution in [3.05, 3.63) is 59.5 Å². The van der Waals surface area contributed by atoms with Gasteiger partial charge in [-0.15, -0.1) is 0 Å². The number of halogens is 3. The maximum absolute atomic E-state index is 12.6. The van der Waals surface area contributed by atoms with Crippen molar-refractivity contribution in [3.8, 4) is 0 Å². The Hall–Kier alpha value is -3.10. The fourth-order valence-electron chi connectivity index (χ4n) is 1.85. The molecule has 2 aromatic rings. The monoisotopic (exact) mass is 355 g/mol. The fraction of sp³-hybridized carbons (Fsp3) is 0.188. The zero-order valence-corrected chi connectivity index (χ0v) is 12.6. The normalized spacial score (nSPS) is 11.0. The largest absolute Gasteiger partial charge is 0.459 e. The highest BCUT2D eigenvalue weighted by Gasteiger charge is 2.30. The molecule has 0 saturated carbocycles. The van der Waals surface area contributed by atoms with Crippen LogP contribution >= 0.6 is 0 Å². The van der Waals surface area contributed by atoms with Gasteiger partial charge in [0.2, 0.25) is 0 Å². The van der Waals surface area contributed by atoms with Crippen molar-refractivity contribution in [2.24, 2.45) is 0 Å². The molecule has 132 valence electrons. The molecule has 6 nitrogen and oxygen atoms in total. The number of hydrogen-bond donors (Lipinski definition) is 1. The van der Waals surface area contributed by atoms with Crippen LogP contribution in [0.4, 0.5) is 13.2 Å². The Balaban J connectivity index is 1.82. The number of esters is 1. The highest BCUT2D eigenvalue weighted by Crippen LogP contribution is 2.29. The van der Waals surface area contributed by atoms with Crippen molar-refractivity contribution in [1.29, 1.82) is 0 Å². The van der Waals surface area contributed by atoms with Gasteiger partial charge < -0.3 is 9.15 Å². The van der Waals surface area contributed by atoms with Crippen molar-refractivity contribution in [3.63, 3.8) is 0 Å². The molecule has 1 aromatic carbocycles. The van der Waals surface area contributed by atoms with Gasteiger partial charge in [-0.1, -0.05) is 18.2 Å². The average molecular weight is 355 g/mol. The fourth-order valence-corrected chi connectivity index (χ4v) is 1.85. The van der Waals surface area contributed by atoms with E-state index >= 15 is 0 Å². The molecule has 0 spiro atoms. The van der Waals surface area contributed by atoms with Crippen LogP contribution in [0.25, 0.3) is 0 Å². The van der Waals surface area contributed by atoms with Gasteiger partial charge in [0.1, 0.15) is 0 Å². The Bertz CT molecular complexity index is 768. The van der Waals surface area contributed by atoms with E-state index in [1.54, 1.807) is 0 Å². The Morgan fingerprint density at radius 3 is 2.52 bits per heavy atom. The first-order chi connectivity index (χ1) is 11.8. The number of rotatable bonds is 5. The van der Waals surface area contributed by atoms with Crippen LogP contribution in [0.5, 0.6) is 0 Å². The molecule has 0 aliphatic heterocycles. The van der Waals surface area contributed by atoms with Gasteiger partial charge in [0.05, 0.1) is 18.2 Å². The number of carbonyl (C=O) groups is 3. The first-order valence-corrected chi connectivity index (χ1v) is 6.95. The summed E-state index contributed by atoms with van der Waals surface area (Å²) in [6, 6.07) is 6.98. The van der Waals surface area contributed by atoms with E-state index in [0.29, 0.717) is 0 Å². The summed E-state index contributed by atoms with van der Waals surface area (Å²) in [6.07, 6.45) is -3.72. The summed E-state index contributed by atoms with van der Waals surface area (Å²) in [5.74, 6) is -2.69.